The van der Waals surface area contributed by atoms with Crippen LogP contribution in [0.4, 0.5) is 0 Å². The van der Waals surface area contributed by atoms with Gasteiger partial charge in [0, 0.05) is 19.3 Å². The Bertz CT molecular complexity index is 1430. The first kappa shape index (κ1) is 71.6. The number of hydrogen-bond donors (Lipinski definition) is 0. The number of unbranched alkanes of at least 4 members (excludes halogenated alkanes) is 33. The summed E-state index contributed by atoms with van der Waals surface area (Å²) in [5.41, 5.74) is 0. The molecule has 0 aromatic rings. The minimum atomic E-state index is -0.802. The van der Waals surface area contributed by atoms with Gasteiger partial charge in [-0.25, -0.2) is 0 Å². The van der Waals surface area contributed by atoms with Crippen LogP contribution in [-0.4, -0.2) is 37.2 Å². The van der Waals surface area contributed by atoms with Crippen molar-refractivity contribution in [2.75, 3.05) is 13.2 Å². The van der Waals surface area contributed by atoms with Gasteiger partial charge in [0.15, 0.2) is 6.10 Å². The quantitative estimate of drug-likeness (QED) is 0.0261. The lowest BCUT2D eigenvalue weighted by Crippen LogP contribution is -2.30. The third kappa shape index (κ3) is 61.3. The SMILES string of the molecule is CC/C=C\C/C=C\C/C=C\C/C=C\C/C=C\CCCC(=O)OC(COC(=O)CCCCCCCCC)COC(=O)CCCCCCCCCCCCCCCCCCCCCCC/C=C\C/C=C\CCCCCCC. The molecule has 1 atom stereocenters. The minimum Gasteiger partial charge on any atom is -0.462 e. The van der Waals surface area contributed by atoms with Crippen LogP contribution in [-0.2, 0) is 28.6 Å². The van der Waals surface area contributed by atoms with E-state index in [4.69, 9.17) is 14.2 Å². The molecule has 0 saturated heterocycles. The van der Waals surface area contributed by atoms with Crippen LogP contribution < -0.4 is 0 Å². The van der Waals surface area contributed by atoms with E-state index >= 15 is 0 Å². The second-order valence-electron chi connectivity index (χ2n) is 21.3. The standard InChI is InChI=1S/C69H120O6/c1-4-7-10-13-16-18-20-22-24-26-27-28-29-30-31-32-33-34-35-36-37-38-39-40-41-43-44-46-48-50-53-56-59-62-68(71)74-65-66(64-73-67(70)61-58-55-52-15-12-9-6-3)75-69(72)63-60-57-54-51-49-47-45-42-25-23-21-19-17-14-11-8-5-2/h8,11,17,19-20,22-23,25-27,45,47,51,54,66H,4-7,9-10,12-16,18,21,24,28-44,46,48-50,52-53,55-65H2,1-3H3/b11-8-,19-17-,22-20-,25-23-,27-26-,47-45-,54-51-. The van der Waals surface area contributed by atoms with Crippen LogP contribution in [0.15, 0.2) is 85.1 Å². The van der Waals surface area contributed by atoms with Crippen LogP contribution in [0, 0.1) is 0 Å². The molecule has 6 nitrogen and oxygen atoms in total. The molecule has 6 heteroatoms. The molecule has 0 aromatic heterocycles. The Labute approximate surface area is 465 Å². The van der Waals surface area contributed by atoms with E-state index in [1.165, 1.54) is 186 Å². The second kappa shape index (κ2) is 63.1. The fraction of sp³-hybridized carbons (Fsp3) is 0.754. The van der Waals surface area contributed by atoms with Crippen molar-refractivity contribution < 1.29 is 28.6 Å². The zero-order valence-corrected chi connectivity index (χ0v) is 49.6. The minimum absolute atomic E-state index is 0.0959. The van der Waals surface area contributed by atoms with Gasteiger partial charge in [0.05, 0.1) is 0 Å². The number of carbonyl (C=O) groups excluding carboxylic acids is 3. The van der Waals surface area contributed by atoms with Gasteiger partial charge < -0.3 is 14.2 Å². The van der Waals surface area contributed by atoms with Crippen LogP contribution in [0.3, 0.4) is 0 Å². The molecule has 75 heavy (non-hydrogen) atoms. The average Bonchev–Trinajstić information content (AvgIpc) is 3.41. The molecule has 0 amide bonds. The van der Waals surface area contributed by atoms with Crippen LogP contribution in [0.2, 0.25) is 0 Å². The summed E-state index contributed by atoms with van der Waals surface area (Å²) in [6.45, 7) is 6.45. The monoisotopic (exact) mass is 1040 g/mol. The fourth-order valence-electron chi connectivity index (χ4n) is 9.10. The molecular weight excluding hydrogens is 925 g/mol. The van der Waals surface area contributed by atoms with Gasteiger partial charge in [-0.15, -0.1) is 0 Å². The molecule has 0 fully saturated rings. The summed E-state index contributed by atoms with van der Waals surface area (Å²) in [6.07, 6.45) is 83.6. The molecule has 0 rings (SSSR count). The molecule has 0 heterocycles. The van der Waals surface area contributed by atoms with E-state index in [0.717, 1.165) is 83.5 Å². The Kier molecular flexibility index (Phi) is 60.3. The molecular formula is C69H120O6. The van der Waals surface area contributed by atoms with E-state index < -0.39 is 6.10 Å². The smallest absolute Gasteiger partial charge is 0.306 e. The molecule has 0 saturated carbocycles. The van der Waals surface area contributed by atoms with Crippen molar-refractivity contribution in [1.82, 2.24) is 0 Å². The molecule has 0 radical (unpaired) electrons. The molecule has 432 valence electrons. The third-order valence-corrected chi connectivity index (χ3v) is 13.9. The lowest BCUT2D eigenvalue weighted by molar-refractivity contribution is -0.167. The predicted molar refractivity (Wildman–Crippen MR) is 325 cm³/mol. The zero-order chi connectivity index (χ0) is 54.3. The number of allylic oxidation sites excluding steroid dienone is 14. The third-order valence-electron chi connectivity index (χ3n) is 13.9. The topological polar surface area (TPSA) is 78.9 Å². The Hall–Kier alpha value is -3.41. The maximum atomic E-state index is 12.8. The van der Waals surface area contributed by atoms with E-state index in [1.807, 2.05) is 0 Å². The Morgan fingerprint density at radius 3 is 0.853 bits per heavy atom. The number of hydrogen-bond acceptors (Lipinski definition) is 6. The molecule has 1 unspecified atom stereocenters. The number of ether oxygens (including phenoxy) is 3. The van der Waals surface area contributed by atoms with E-state index in [0.29, 0.717) is 19.3 Å². The van der Waals surface area contributed by atoms with Gasteiger partial charge in [-0.3, -0.25) is 14.4 Å². The maximum Gasteiger partial charge on any atom is 0.306 e. The largest absolute Gasteiger partial charge is 0.462 e. The number of esters is 3. The Balaban J connectivity index is 4.04. The van der Waals surface area contributed by atoms with Crippen LogP contribution in [0.1, 0.15) is 316 Å². The molecule has 0 spiro atoms. The van der Waals surface area contributed by atoms with Gasteiger partial charge in [0.25, 0.3) is 0 Å². The van der Waals surface area contributed by atoms with E-state index in [2.05, 4.69) is 106 Å². The predicted octanol–water partition coefficient (Wildman–Crippen LogP) is 21.9. The number of carbonyl (C=O) groups is 3. The van der Waals surface area contributed by atoms with Gasteiger partial charge in [-0.05, 0) is 89.9 Å². The van der Waals surface area contributed by atoms with Crippen LogP contribution in [0.5, 0.6) is 0 Å². The summed E-state index contributed by atoms with van der Waals surface area (Å²) in [5, 5.41) is 0. The fourth-order valence-corrected chi connectivity index (χ4v) is 9.10. The lowest BCUT2D eigenvalue weighted by atomic mass is 10.0. The van der Waals surface area contributed by atoms with E-state index in [1.54, 1.807) is 0 Å². The summed E-state index contributed by atoms with van der Waals surface area (Å²) >= 11 is 0. The zero-order valence-electron chi connectivity index (χ0n) is 49.6. The molecule has 0 aliphatic carbocycles. The van der Waals surface area contributed by atoms with E-state index in [-0.39, 0.29) is 37.5 Å². The van der Waals surface area contributed by atoms with Crippen molar-refractivity contribution in [3.63, 3.8) is 0 Å². The molecule has 0 N–H and O–H groups in total. The molecule has 0 aliphatic heterocycles. The lowest BCUT2D eigenvalue weighted by Gasteiger charge is -2.18. The second-order valence-corrected chi connectivity index (χ2v) is 21.3. The maximum absolute atomic E-state index is 12.8. The highest BCUT2D eigenvalue weighted by Gasteiger charge is 2.19. The highest BCUT2D eigenvalue weighted by atomic mass is 16.6. The van der Waals surface area contributed by atoms with Crippen molar-refractivity contribution in [3.05, 3.63) is 85.1 Å². The first-order valence-corrected chi connectivity index (χ1v) is 32.1. The van der Waals surface area contributed by atoms with Crippen molar-refractivity contribution in [1.29, 1.82) is 0 Å². The highest BCUT2D eigenvalue weighted by Crippen LogP contribution is 2.17. The first-order valence-electron chi connectivity index (χ1n) is 32.1. The molecule has 0 aliphatic rings. The average molecular weight is 1050 g/mol. The van der Waals surface area contributed by atoms with Gasteiger partial charge >= 0.3 is 17.9 Å². The summed E-state index contributed by atoms with van der Waals surface area (Å²) in [6, 6.07) is 0. The molecule has 0 aromatic carbocycles. The van der Waals surface area contributed by atoms with Gasteiger partial charge in [-0.2, -0.15) is 0 Å². The van der Waals surface area contributed by atoms with Crippen molar-refractivity contribution in [3.8, 4) is 0 Å². The van der Waals surface area contributed by atoms with Crippen LogP contribution >= 0.6 is 0 Å². The summed E-state index contributed by atoms with van der Waals surface area (Å²) in [7, 11) is 0. The number of rotatable bonds is 58. The summed E-state index contributed by atoms with van der Waals surface area (Å²) in [4.78, 5) is 38.0. The summed E-state index contributed by atoms with van der Waals surface area (Å²) < 4.78 is 16.8. The Morgan fingerprint density at radius 2 is 0.533 bits per heavy atom. The van der Waals surface area contributed by atoms with Crippen molar-refractivity contribution in [2.24, 2.45) is 0 Å². The van der Waals surface area contributed by atoms with Gasteiger partial charge in [0.1, 0.15) is 13.2 Å². The van der Waals surface area contributed by atoms with Crippen LogP contribution in [0.25, 0.3) is 0 Å². The highest BCUT2D eigenvalue weighted by molar-refractivity contribution is 5.71. The van der Waals surface area contributed by atoms with Crippen molar-refractivity contribution in [2.45, 2.75) is 322 Å². The first-order chi connectivity index (χ1) is 37.0. The summed E-state index contributed by atoms with van der Waals surface area (Å²) in [5.74, 6) is -0.953. The Morgan fingerprint density at radius 1 is 0.280 bits per heavy atom. The van der Waals surface area contributed by atoms with Gasteiger partial charge in [0.2, 0.25) is 0 Å². The van der Waals surface area contributed by atoms with Gasteiger partial charge in [-0.1, -0.05) is 292 Å². The molecule has 0 bridgehead atoms. The normalized spacial score (nSPS) is 12.6. The van der Waals surface area contributed by atoms with E-state index in [9.17, 15) is 14.4 Å². The van der Waals surface area contributed by atoms with Crippen molar-refractivity contribution >= 4 is 17.9 Å².